The Bertz CT molecular complexity index is 1170. The van der Waals surface area contributed by atoms with Crippen molar-refractivity contribution < 1.29 is 4.79 Å². The van der Waals surface area contributed by atoms with Crippen LogP contribution in [0.4, 0.5) is 5.69 Å². The molecule has 0 bridgehead atoms. The Morgan fingerprint density at radius 1 is 1.11 bits per heavy atom. The van der Waals surface area contributed by atoms with Gasteiger partial charge in [0.2, 0.25) is 0 Å². The van der Waals surface area contributed by atoms with Crippen LogP contribution in [0.2, 0.25) is 0 Å². The molecule has 1 N–H and O–H groups in total. The van der Waals surface area contributed by atoms with E-state index in [1.807, 2.05) is 62.8 Å². The van der Waals surface area contributed by atoms with E-state index >= 15 is 0 Å². The van der Waals surface area contributed by atoms with Gasteiger partial charge in [0.05, 0.1) is 11.3 Å². The lowest BCUT2D eigenvalue weighted by molar-refractivity contribution is 0.102. The lowest BCUT2D eigenvalue weighted by atomic mass is 10.1. The lowest BCUT2D eigenvalue weighted by Crippen LogP contribution is -2.12. The van der Waals surface area contributed by atoms with Gasteiger partial charge in [-0.3, -0.25) is 9.48 Å². The Morgan fingerprint density at radius 3 is 2.67 bits per heavy atom. The number of hydrogen-bond acceptors (Lipinski definition) is 5. The molecule has 27 heavy (non-hydrogen) atoms. The number of aryl methyl sites for hydroxylation is 3. The van der Waals surface area contributed by atoms with Crippen molar-refractivity contribution in [2.45, 2.75) is 13.8 Å². The second-order valence-corrected chi connectivity index (χ2v) is 6.47. The van der Waals surface area contributed by atoms with Crippen molar-refractivity contribution in [1.29, 1.82) is 0 Å². The Kier molecular flexibility index (Phi) is 3.95. The normalized spacial score (nSPS) is 11.1. The SMILES string of the molecule is Cc1nn(C)c2ncc(C(=O)Nc3cccc(-c4nnc(C)n4C)c3)cc12. The first-order valence-corrected chi connectivity index (χ1v) is 8.51. The molecular formula is C19H19N7O. The molecule has 1 amide bonds. The number of aromatic nitrogens is 6. The molecule has 8 nitrogen and oxygen atoms in total. The third-order valence-electron chi connectivity index (χ3n) is 4.60. The average molecular weight is 361 g/mol. The standard InChI is InChI=1S/C19H19N7O/c1-11-16-9-14(10-20-18(16)26(4)24-11)19(27)21-15-7-5-6-13(8-15)17-23-22-12(2)25(17)3/h5-10H,1-4H3,(H,21,27). The minimum Gasteiger partial charge on any atom is -0.322 e. The molecule has 0 aliphatic carbocycles. The average Bonchev–Trinajstić information content (AvgIpc) is 3.14. The monoisotopic (exact) mass is 361 g/mol. The third-order valence-corrected chi connectivity index (χ3v) is 4.60. The molecular weight excluding hydrogens is 342 g/mol. The van der Waals surface area contributed by atoms with Crippen molar-refractivity contribution in [2.75, 3.05) is 5.32 Å². The van der Waals surface area contributed by atoms with Crippen molar-refractivity contribution in [3.05, 3.63) is 53.6 Å². The molecule has 0 atom stereocenters. The highest BCUT2D eigenvalue weighted by atomic mass is 16.1. The number of hydrogen-bond donors (Lipinski definition) is 1. The number of fused-ring (bicyclic) bond motifs is 1. The summed E-state index contributed by atoms with van der Waals surface area (Å²) in [6.45, 7) is 3.80. The Balaban J connectivity index is 1.62. The fraction of sp³-hybridized carbons (Fsp3) is 0.211. The molecule has 136 valence electrons. The summed E-state index contributed by atoms with van der Waals surface area (Å²) in [6.07, 6.45) is 1.56. The number of carbonyl (C=O) groups is 1. The maximum Gasteiger partial charge on any atom is 0.257 e. The largest absolute Gasteiger partial charge is 0.322 e. The number of pyridine rings is 1. The molecule has 0 saturated carbocycles. The molecule has 8 heteroatoms. The van der Waals surface area contributed by atoms with Crippen molar-refractivity contribution in [3.8, 4) is 11.4 Å². The molecule has 0 aliphatic heterocycles. The van der Waals surface area contributed by atoms with Gasteiger partial charge >= 0.3 is 0 Å². The Labute approximate surface area is 155 Å². The first-order chi connectivity index (χ1) is 12.9. The number of benzene rings is 1. The zero-order chi connectivity index (χ0) is 19.1. The summed E-state index contributed by atoms with van der Waals surface area (Å²) in [5, 5.41) is 16.4. The zero-order valence-corrected chi connectivity index (χ0v) is 15.6. The fourth-order valence-electron chi connectivity index (χ4n) is 3.03. The van der Waals surface area contributed by atoms with Crippen LogP contribution in [0, 0.1) is 13.8 Å². The molecule has 1 aromatic carbocycles. The quantitative estimate of drug-likeness (QED) is 0.606. The topological polar surface area (TPSA) is 90.5 Å². The molecule has 3 aromatic heterocycles. The van der Waals surface area contributed by atoms with Crippen molar-refractivity contribution in [3.63, 3.8) is 0 Å². The molecule has 0 unspecified atom stereocenters. The van der Waals surface area contributed by atoms with Crippen LogP contribution < -0.4 is 5.32 Å². The van der Waals surface area contributed by atoms with Crippen LogP contribution in [0.25, 0.3) is 22.4 Å². The molecule has 4 aromatic rings. The van der Waals surface area contributed by atoms with Gasteiger partial charge < -0.3 is 9.88 Å². The molecule has 4 rings (SSSR count). The number of nitrogens with zero attached hydrogens (tertiary/aromatic N) is 6. The highest BCUT2D eigenvalue weighted by Crippen LogP contribution is 2.22. The summed E-state index contributed by atoms with van der Waals surface area (Å²) < 4.78 is 3.61. The van der Waals surface area contributed by atoms with Crippen molar-refractivity contribution in [1.82, 2.24) is 29.5 Å². The fourth-order valence-corrected chi connectivity index (χ4v) is 3.03. The van der Waals surface area contributed by atoms with Crippen LogP contribution >= 0.6 is 0 Å². The lowest BCUT2D eigenvalue weighted by Gasteiger charge is -2.08. The maximum atomic E-state index is 12.7. The second-order valence-electron chi connectivity index (χ2n) is 6.47. The molecule has 0 radical (unpaired) electrons. The first-order valence-electron chi connectivity index (χ1n) is 8.51. The Hall–Kier alpha value is -3.55. The van der Waals surface area contributed by atoms with Gasteiger partial charge in [-0.25, -0.2) is 4.98 Å². The maximum absolute atomic E-state index is 12.7. The van der Waals surface area contributed by atoms with Gasteiger partial charge in [0.1, 0.15) is 5.82 Å². The summed E-state index contributed by atoms with van der Waals surface area (Å²) in [5.74, 6) is 1.35. The van der Waals surface area contributed by atoms with Gasteiger partial charge in [-0.2, -0.15) is 5.10 Å². The van der Waals surface area contributed by atoms with Crippen LogP contribution in [-0.2, 0) is 14.1 Å². The molecule has 0 saturated heterocycles. The third kappa shape index (κ3) is 2.95. The smallest absolute Gasteiger partial charge is 0.257 e. The van der Waals surface area contributed by atoms with Gasteiger partial charge in [0, 0.05) is 36.9 Å². The van der Waals surface area contributed by atoms with E-state index < -0.39 is 0 Å². The summed E-state index contributed by atoms with van der Waals surface area (Å²) in [6, 6.07) is 9.35. The first kappa shape index (κ1) is 16.9. The van der Waals surface area contributed by atoms with Crippen LogP contribution in [0.5, 0.6) is 0 Å². The van der Waals surface area contributed by atoms with E-state index in [-0.39, 0.29) is 5.91 Å². The number of rotatable bonds is 3. The molecule has 0 spiro atoms. The van der Waals surface area contributed by atoms with E-state index in [0.29, 0.717) is 11.3 Å². The van der Waals surface area contributed by atoms with Crippen LogP contribution in [0.1, 0.15) is 21.9 Å². The molecule has 0 fully saturated rings. The predicted octanol–water partition coefficient (Wildman–Crippen LogP) is 2.63. The Morgan fingerprint density at radius 2 is 1.93 bits per heavy atom. The van der Waals surface area contributed by atoms with Crippen LogP contribution in [0.3, 0.4) is 0 Å². The molecule has 0 aliphatic rings. The van der Waals surface area contributed by atoms with Gasteiger partial charge in [-0.15, -0.1) is 10.2 Å². The van der Waals surface area contributed by atoms with Gasteiger partial charge in [0.15, 0.2) is 11.5 Å². The van der Waals surface area contributed by atoms with Gasteiger partial charge in [0.25, 0.3) is 5.91 Å². The second kappa shape index (κ2) is 6.31. The number of amides is 1. The highest BCUT2D eigenvalue weighted by Gasteiger charge is 2.13. The van der Waals surface area contributed by atoms with E-state index in [1.165, 1.54) is 0 Å². The molecule has 3 heterocycles. The number of anilines is 1. The zero-order valence-electron chi connectivity index (χ0n) is 15.6. The predicted molar refractivity (Wildman–Crippen MR) is 102 cm³/mol. The van der Waals surface area contributed by atoms with Gasteiger partial charge in [-0.1, -0.05) is 12.1 Å². The van der Waals surface area contributed by atoms with E-state index in [4.69, 9.17) is 0 Å². The van der Waals surface area contributed by atoms with Crippen molar-refractivity contribution in [2.24, 2.45) is 14.1 Å². The number of nitrogens with one attached hydrogen (secondary N) is 1. The van der Waals surface area contributed by atoms with E-state index in [9.17, 15) is 4.79 Å². The summed E-state index contributed by atoms with van der Waals surface area (Å²) in [4.78, 5) is 17.0. The minimum absolute atomic E-state index is 0.223. The van der Waals surface area contributed by atoms with Crippen molar-refractivity contribution >= 4 is 22.6 Å². The van der Waals surface area contributed by atoms with Crippen LogP contribution in [-0.4, -0.2) is 35.4 Å². The van der Waals surface area contributed by atoms with Gasteiger partial charge in [-0.05, 0) is 32.0 Å². The van der Waals surface area contributed by atoms with E-state index in [2.05, 4.69) is 25.6 Å². The summed E-state index contributed by atoms with van der Waals surface area (Å²) in [5.41, 5.74) is 3.64. The summed E-state index contributed by atoms with van der Waals surface area (Å²) in [7, 11) is 3.74. The number of carbonyl (C=O) groups excluding carboxylic acids is 1. The van der Waals surface area contributed by atoms with Crippen LogP contribution in [0.15, 0.2) is 36.5 Å². The minimum atomic E-state index is -0.223. The summed E-state index contributed by atoms with van der Waals surface area (Å²) >= 11 is 0. The van der Waals surface area contributed by atoms with E-state index in [0.717, 1.165) is 33.9 Å². The highest BCUT2D eigenvalue weighted by molar-refractivity contribution is 6.06. The van der Waals surface area contributed by atoms with E-state index in [1.54, 1.807) is 10.9 Å².